The van der Waals surface area contributed by atoms with Crippen molar-refractivity contribution in [1.82, 2.24) is 8.61 Å². The molecule has 0 radical (unpaired) electrons. The van der Waals surface area contributed by atoms with Crippen molar-refractivity contribution >= 4 is 10.2 Å². The van der Waals surface area contributed by atoms with Crippen LogP contribution in [0.15, 0.2) is 11.6 Å². The number of hydrogen-bond donors (Lipinski definition) is 1. The van der Waals surface area contributed by atoms with Crippen LogP contribution in [0.3, 0.4) is 0 Å². The van der Waals surface area contributed by atoms with Gasteiger partial charge in [0.05, 0.1) is 6.61 Å². The second kappa shape index (κ2) is 7.00. The summed E-state index contributed by atoms with van der Waals surface area (Å²) < 4.78 is 33.5. The third kappa shape index (κ3) is 3.59. The van der Waals surface area contributed by atoms with Gasteiger partial charge in [-0.3, -0.25) is 0 Å². The van der Waals surface area contributed by atoms with Gasteiger partial charge in [-0.1, -0.05) is 6.08 Å². The van der Waals surface area contributed by atoms with E-state index in [2.05, 4.69) is 0 Å². The Labute approximate surface area is 121 Å². The van der Waals surface area contributed by atoms with E-state index in [9.17, 15) is 8.42 Å². The molecule has 2 rings (SSSR count). The molecule has 1 atom stereocenters. The van der Waals surface area contributed by atoms with Crippen LogP contribution in [0.2, 0.25) is 0 Å². The molecule has 0 aromatic heterocycles. The first-order chi connectivity index (χ1) is 9.57. The normalized spacial score (nSPS) is 26.5. The molecule has 7 heteroatoms. The van der Waals surface area contributed by atoms with E-state index in [0.29, 0.717) is 45.2 Å². The van der Waals surface area contributed by atoms with Crippen molar-refractivity contribution in [1.29, 1.82) is 0 Å². The Kier molecular flexibility index (Phi) is 5.57. The molecule has 20 heavy (non-hydrogen) atoms. The van der Waals surface area contributed by atoms with Crippen LogP contribution in [-0.4, -0.2) is 63.5 Å². The van der Waals surface area contributed by atoms with E-state index in [0.717, 1.165) is 19.3 Å². The van der Waals surface area contributed by atoms with E-state index < -0.39 is 10.2 Å². The minimum atomic E-state index is -3.34. The van der Waals surface area contributed by atoms with Gasteiger partial charge >= 0.3 is 0 Å². The molecule has 0 amide bonds. The summed E-state index contributed by atoms with van der Waals surface area (Å²) in [6, 6.07) is 0. The first kappa shape index (κ1) is 15.9. The average molecular weight is 303 g/mol. The molecule has 1 saturated heterocycles. The number of hydrogen-bond acceptors (Lipinski definition) is 4. The smallest absolute Gasteiger partial charge is 0.282 e. The molecule has 116 valence electrons. The van der Waals surface area contributed by atoms with Gasteiger partial charge in [-0.2, -0.15) is 17.0 Å². The topological polar surface area (TPSA) is 75.9 Å². The van der Waals surface area contributed by atoms with Crippen molar-refractivity contribution in [2.75, 3.05) is 46.4 Å². The van der Waals surface area contributed by atoms with Gasteiger partial charge in [-0.05, 0) is 37.3 Å². The number of piperidine rings is 1. The van der Waals surface area contributed by atoms with Gasteiger partial charge in [0.2, 0.25) is 0 Å². The van der Waals surface area contributed by atoms with Gasteiger partial charge in [-0.15, -0.1) is 0 Å². The predicted octanol–water partition coefficient (Wildman–Crippen LogP) is 0.180. The van der Waals surface area contributed by atoms with Crippen molar-refractivity contribution in [3.63, 3.8) is 0 Å². The number of nitrogens with zero attached hydrogens (tertiary/aromatic N) is 2. The van der Waals surface area contributed by atoms with Crippen molar-refractivity contribution in [2.45, 2.75) is 19.3 Å². The van der Waals surface area contributed by atoms with Crippen LogP contribution in [0.25, 0.3) is 0 Å². The Morgan fingerprint density at radius 2 is 2.20 bits per heavy atom. The molecule has 0 spiro atoms. The van der Waals surface area contributed by atoms with Gasteiger partial charge in [0.15, 0.2) is 0 Å². The minimum Gasteiger partial charge on any atom is -0.380 e. The number of methoxy groups -OCH3 is 1. The molecular formula is C13H25N3O3S. The first-order valence-corrected chi connectivity index (χ1v) is 8.59. The summed E-state index contributed by atoms with van der Waals surface area (Å²) in [7, 11) is -1.68. The lowest BCUT2D eigenvalue weighted by Crippen LogP contribution is -2.50. The van der Waals surface area contributed by atoms with Crippen LogP contribution in [0.1, 0.15) is 19.3 Å². The lowest BCUT2D eigenvalue weighted by atomic mass is 10.0. The summed E-state index contributed by atoms with van der Waals surface area (Å²) in [6.45, 7) is 3.32. The molecular weight excluding hydrogens is 278 g/mol. The molecule has 6 nitrogen and oxygen atoms in total. The summed E-state index contributed by atoms with van der Waals surface area (Å²) in [6.07, 6.45) is 4.65. The van der Waals surface area contributed by atoms with Crippen LogP contribution in [-0.2, 0) is 14.9 Å². The Hall–Kier alpha value is -0.470. The molecule has 2 aliphatic rings. The van der Waals surface area contributed by atoms with E-state index in [1.807, 2.05) is 6.08 Å². The Balaban J connectivity index is 2.00. The zero-order valence-corrected chi connectivity index (χ0v) is 12.9. The fourth-order valence-corrected chi connectivity index (χ4v) is 4.48. The molecule has 0 aliphatic carbocycles. The Morgan fingerprint density at radius 3 is 2.80 bits per heavy atom. The van der Waals surface area contributed by atoms with E-state index >= 15 is 0 Å². The highest BCUT2D eigenvalue weighted by molar-refractivity contribution is 7.86. The third-order valence-corrected chi connectivity index (χ3v) is 6.03. The standard InChI is InChI=1S/C13H25N3O3S/c1-19-11-12-4-7-15(8-5-12)20(17,18)16-6-2-3-13(9-14)10-16/h4,13H,2-3,5-11,14H2,1H3. The summed E-state index contributed by atoms with van der Waals surface area (Å²) in [4.78, 5) is 0. The number of nitrogens with two attached hydrogens (primary N) is 1. The third-order valence-electron chi connectivity index (χ3n) is 4.06. The average Bonchev–Trinajstić information content (AvgIpc) is 2.48. The molecule has 1 unspecified atom stereocenters. The zero-order chi connectivity index (χ0) is 14.6. The summed E-state index contributed by atoms with van der Waals surface area (Å²) >= 11 is 0. The highest BCUT2D eigenvalue weighted by Gasteiger charge is 2.33. The zero-order valence-electron chi connectivity index (χ0n) is 12.1. The summed E-state index contributed by atoms with van der Waals surface area (Å²) in [5.41, 5.74) is 6.86. The van der Waals surface area contributed by atoms with Gasteiger partial charge in [0.25, 0.3) is 10.2 Å². The molecule has 0 aromatic carbocycles. The fraction of sp³-hybridized carbons (Fsp3) is 0.846. The van der Waals surface area contributed by atoms with Gasteiger partial charge in [0, 0.05) is 33.3 Å². The quantitative estimate of drug-likeness (QED) is 0.735. The van der Waals surface area contributed by atoms with Crippen molar-refractivity contribution in [3.8, 4) is 0 Å². The minimum absolute atomic E-state index is 0.294. The molecule has 0 saturated carbocycles. The maximum Gasteiger partial charge on any atom is 0.282 e. The fourth-order valence-electron chi connectivity index (χ4n) is 2.81. The summed E-state index contributed by atoms with van der Waals surface area (Å²) in [5, 5.41) is 0. The molecule has 2 aliphatic heterocycles. The van der Waals surface area contributed by atoms with E-state index in [4.69, 9.17) is 10.5 Å². The van der Waals surface area contributed by atoms with Crippen molar-refractivity contribution in [2.24, 2.45) is 11.7 Å². The van der Waals surface area contributed by atoms with Gasteiger partial charge in [-0.25, -0.2) is 0 Å². The van der Waals surface area contributed by atoms with Crippen LogP contribution in [0.5, 0.6) is 0 Å². The lowest BCUT2D eigenvalue weighted by molar-refractivity contribution is 0.217. The number of ether oxygens (including phenoxy) is 1. The largest absolute Gasteiger partial charge is 0.380 e. The maximum atomic E-state index is 12.6. The molecule has 0 bridgehead atoms. The molecule has 1 fully saturated rings. The van der Waals surface area contributed by atoms with Crippen molar-refractivity contribution < 1.29 is 13.2 Å². The Bertz CT molecular complexity index is 450. The van der Waals surface area contributed by atoms with Gasteiger partial charge in [0.1, 0.15) is 0 Å². The van der Waals surface area contributed by atoms with E-state index in [1.54, 1.807) is 15.7 Å². The molecule has 2 N–H and O–H groups in total. The second-order valence-electron chi connectivity index (χ2n) is 5.51. The lowest BCUT2D eigenvalue weighted by Gasteiger charge is -2.36. The van der Waals surface area contributed by atoms with Crippen LogP contribution in [0.4, 0.5) is 0 Å². The maximum absolute atomic E-state index is 12.6. The highest BCUT2D eigenvalue weighted by atomic mass is 32.2. The Morgan fingerprint density at radius 1 is 1.40 bits per heavy atom. The summed E-state index contributed by atoms with van der Waals surface area (Å²) in [5.74, 6) is 0.294. The van der Waals surface area contributed by atoms with E-state index in [-0.39, 0.29) is 0 Å². The first-order valence-electron chi connectivity index (χ1n) is 7.20. The van der Waals surface area contributed by atoms with Crippen molar-refractivity contribution in [3.05, 3.63) is 11.6 Å². The highest BCUT2D eigenvalue weighted by Crippen LogP contribution is 2.22. The monoisotopic (exact) mass is 303 g/mol. The molecule has 2 heterocycles. The predicted molar refractivity (Wildman–Crippen MR) is 78.4 cm³/mol. The SMILES string of the molecule is COCC1=CCN(S(=O)(=O)N2CCCC(CN)C2)CC1. The van der Waals surface area contributed by atoms with Crippen LogP contribution < -0.4 is 5.73 Å². The number of rotatable bonds is 5. The van der Waals surface area contributed by atoms with E-state index in [1.165, 1.54) is 5.57 Å². The van der Waals surface area contributed by atoms with Crippen LogP contribution in [0, 0.1) is 5.92 Å². The molecule has 0 aromatic rings. The van der Waals surface area contributed by atoms with Crippen LogP contribution >= 0.6 is 0 Å². The van der Waals surface area contributed by atoms with Gasteiger partial charge < -0.3 is 10.5 Å². The second-order valence-corrected chi connectivity index (χ2v) is 7.44.